The minimum Gasteiger partial charge on any atom is -0.484 e. The number of rotatable bonds is 8. The number of ether oxygens (including phenoxy) is 3. The number of fused-ring (bicyclic) bond motifs is 1. The molecule has 0 spiro atoms. The molecule has 0 aliphatic heterocycles. The molecule has 172 valence electrons. The van der Waals surface area contributed by atoms with Gasteiger partial charge in [0.25, 0.3) is 0 Å². The van der Waals surface area contributed by atoms with Gasteiger partial charge in [0.1, 0.15) is 12.1 Å². The zero-order valence-electron chi connectivity index (χ0n) is 19.5. The molecule has 34 heavy (non-hydrogen) atoms. The van der Waals surface area contributed by atoms with E-state index in [1.807, 2.05) is 43.3 Å². The maximum Gasteiger partial charge on any atom is 0.360 e. The summed E-state index contributed by atoms with van der Waals surface area (Å²) in [5.41, 5.74) is 5.74. The Bertz CT molecular complexity index is 1330. The maximum atomic E-state index is 12.5. The minimum atomic E-state index is -0.619. The number of pyridine rings is 2. The number of aromatic nitrogens is 2. The number of hydrogen-bond donors (Lipinski definition) is 0. The molecule has 0 amide bonds. The fourth-order valence-electron chi connectivity index (χ4n) is 3.67. The van der Waals surface area contributed by atoms with Crippen LogP contribution in [0.2, 0.25) is 0 Å². The van der Waals surface area contributed by atoms with Crippen LogP contribution in [0.25, 0.3) is 16.5 Å². The molecular formula is C28H26N2O4. The third-order valence-corrected chi connectivity index (χ3v) is 5.47. The third-order valence-electron chi connectivity index (χ3n) is 5.47. The fraction of sp³-hybridized carbons (Fsp3) is 0.179. The molecule has 4 rings (SSSR count). The molecule has 0 fully saturated rings. The Labute approximate surface area is 198 Å². The molecule has 2 heterocycles. The number of hydrogen-bond acceptors (Lipinski definition) is 6. The van der Waals surface area contributed by atoms with Crippen molar-refractivity contribution in [3.63, 3.8) is 0 Å². The lowest BCUT2D eigenvalue weighted by atomic mass is 10.0. The van der Waals surface area contributed by atoms with Gasteiger partial charge in [0.05, 0.1) is 19.6 Å². The highest BCUT2D eigenvalue weighted by Crippen LogP contribution is 2.34. The predicted molar refractivity (Wildman–Crippen MR) is 132 cm³/mol. The lowest BCUT2D eigenvalue weighted by Crippen LogP contribution is -2.11. The standard InChI is InChI=1S/C28H26N2O4/c1-18(2)22-12-10-19(11-13-22)14-21-15-23-24(29-16-21)26(34-17-20-8-6-5-7-9-20)25(28(31)33-4)30-27(23)32-3/h5-13,15-16H,1,14,17H2,2-4H3. The van der Waals surface area contributed by atoms with E-state index in [9.17, 15) is 4.79 Å². The number of carbonyl (C=O) groups is 1. The van der Waals surface area contributed by atoms with E-state index in [1.54, 1.807) is 6.20 Å². The molecule has 2 aromatic carbocycles. The number of esters is 1. The molecule has 0 aliphatic carbocycles. The van der Waals surface area contributed by atoms with Gasteiger partial charge < -0.3 is 14.2 Å². The van der Waals surface area contributed by atoms with Crippen LogP contribution < -0.4 is 9.47 Å². The summed E-state index contributed by atoms with van der Waals surface area (Å²) in [7, 11) is 2.81. The van der Waals surface area contributed by atoms with Crippen LogP contribution in [0.15, 0.2) is 73.4 Å². The largest absolute Gasteiger partial charge is 0.484 e. The van der Waals surface area contributed by atoms with Gasteiger partial charge in [-0.25, -0.2) is 9.78 Å². The molecule has 4 aromatic rings. The molecule has 2 aromatic heterocycles. The van der Waals surface area contributed by atoms with Crippen LogP contribution in [-0.2, 0) is 17.8 Å². The van der Waals surface area contributed by atoms with E-state index < -0.39 is 5.97 Å². The summed E-state index contributed by atoms with van der Waals surface area (Å²) in [4.78, 5) is 21.6. The van der Waals surface area contributed by atoms with Crippen molar-refractivity contribution in [2.75, 3.05) is 14.2 Å². The van der Waals surface area contributed by atoms with Crippen LogP contribution in [0, 0.1) is 0 Å². The molecule has 0 radical (unpaired) electrons. The van der Waals surface area contributed by atoms with E-state index in [0.29, 0.717) is 17.3 Å². The van der Waals surface area contributed by atoms with Crippen LogP contribution in [-0.4, -0.2) is 30.2 Å². The van der Waals surface area contributed by atoms with Crippen LogP contribution in [0.5, 0.6) is 11.6 Å². The van der Waals surface area contributed by atoms with Gasteiger partial charge in [-0.1, -0.05) is 66.7 Å². The van der Waals surface area contributed by atoms with E-state index in [2.05, 4.69) is 40.8 Å². The molecule has 6 heteroatoms. The first kappa shape index (κ1) is 23.0. The second kappa shape index (κ2) is 10.2. The van der Waals surface area contributed by atoms with Gasteiger partial charge in [-0.05, 0) is 41.7 Å². The van der Waals surface area contributed by atoms with Crippen molar-refractivity contribution in [3.05, 3.63) is 101 Å². The molecule has 0 aliphatic rings. The van der Waals surface area contributed by atoms with Gasteiger partial charge in [0.2, 0.25) is 5.88 Å². The Morgan fingerprint density at radius 2 is 1.71 bits per heavy atom. The highest BCUT2D eigenvalue weighted by molar-refractivity contribution is 5.99. The highest BCUT2D eigenvalue weighted by Gasteiger charge is 2.23. The molecule has 0 bridgehead atoms. The van der Waals surface area contributed by atoms with Crippen LogP contribution in [0.4, 0.5) is 0 Å². The van der Waals surface area contributed by atoms with Gasteiger partial charge in [-0.15, -0.1) is 0 Å². The maximum absolute atomic E-state index is 12.5. The van der Waals surface area contributed by atoms with Crippen molar-refractivity contribution in [1.82, 2.24) is 9.97 Å². The quantitative estimate of drug-likeness (QED) is 0.322. The van der Waals surface area contributed by atoms with Crippen molar-refractivity contribution in [3.8, 4) is 11.6 Å². The van der Waals surface area contributed by atoms with E-state index in [1.165, 1.54) is 14.2 Å². The Morgan fingerprint density at radius 3 is 2.35 bits per heavy atom. The zero-order chi connectivity index (χ0) is 24.1. The van der Waals surface area contributed by atoms with E-state index >= 15 is 0 Å². The lowest BCUT2D eigenvalue weighted by molar-refractivity contribution is 0.0587. The first-order valence-electron chi connectivity index (χ1n) is 10.9. The first-order valence-corrected chi connectivity index (χ1v) is 10.9. The Kier molecular flexibility index (Phi) is 6.87. The Morgan fingerprint density at radius 1 is 0.971 bits per heavy atom. The fourth-order valence-corrected chi connectivity index (χ4v) is 3.67. The van der Waals surface area contributed by atoms with Crippen LogP contribution in [0.3, 0.4) is 0 Å². The van der Waals surface area contributed by atoms with Crippen molar-refractivity contribution in [2.45, 2.75) is 20.0 Å². The van der Waals surface area contributed by atoms with Crippen molar-refractivity contribution < 1.29 is 19.0 Å². The average molecular weight is 455 g/mol. The van der Waals surface area contributed by atoms with E-state index in [4.69, 9.17) is 14.2 Å². The topological polar surface area (TPSA) is 70.5 Å². The first-order chi connectivity index (χ1) is 16.5. The summed E-state index contributed by atoms with van der Waals surface area (Å²) in [6.07, 6.45) is 2.46. The zero-order valence-corrected chi connectivity index (χ0v) is 19.5. The van der Waals surface area contributed by atoms with Gasteiger partial charge in [-0.2, -0.15) is 0 Å². The van der Waals surface area contributed by atoms with Crippen LogP contribution in [0.1, 0.15) is 39.7 Å². The average Bonchev–Trinajstić information content (AvgIpc) is 2.87. The van der Waals surface area contributed by atoms with Crippen molar-refractivity contribution in [1.29, 1.82) is 0 Å². The predicted octanol–water partition coefficient (Wildman–Crippen LogP) is 5.63. The summed E-state index contributed by atoms with van der Waals surface area (Å²) < 4.78 is 16.5. The monoisotopic (exact) mass is 454 g/mol. The van der Waals surface area contributed by atoms with Crippen molar-refractivity contribution in [2.24, 2.45) is 0 Å². The number of benzene rings is 2. The summed E-state index contributed by atoms with van der Waals surface area (Å²) >= 11 is 0. The van der Waals surface area contributed by atoms with Gasteiger partial charge in [-0.3, -0.25) is 4.98 Å². The summed E-state index contributed by atoms with van der Waals surface area (Å²) in [5, 5.41) is 0.661. The van der Waals surface area contributed by atoms with Gasteiger partial charge in [0.15, 0.2) is 11.4 Å². The Hall–Kier alpha value is -4.19. The Balaban J connectivity index is 1.74. The summed E-state index contributed by atoms with van der Waals surface area (Å²) in [5.74, 6) is -0.0648. The number of carbonyl (C=O) groups excluding carboxylic acids is 1. The normalized spacial score (nSPS) is 10.7. The SMILES string of the molecule is C=C(C)c1ccc(Cc2cnc3c(OCc4ccccc4)c(C(=O)OC)nc(OC)c3c2)cc1. The molecule has 0 unspecified atom stereocenters. The summed E-state index contributed by atoms with van der Waals surface area (Å²) in [6, 6.07) is 19.9. The van der Waals surface area contributed by atoms with E-state index in [-0.39, 0.29) is 23.9 Å². The molecular weight excluding hydrogens is 428 g/mol. The third kappa shape index (κ3) is 4.91. The van der Waals surface area contributed by atoms with Crippen molar-refractivity contribution >= 4 is 22.4 Å². The number of allylic oxidation sites excluding steroid dienone is 1. The smallest absolute Gasteiger partial charge is 0.360 e. The second-order valence-electron chi connectivity index (χ2n) is 7.96. The second-order valence-corrected chi connectivity index (χ2v) is 7.96. The lowest BCUT2D eigenvalue weighted by Gasteiger charge is -2.15. The van der Waals surface area contributed by atoms with Gasteiger partial charge >= 0.3 is 5.97 Å². The molecule has 0 saturated carbocycles. The van der Waals surface area contributed by atoms with Gasteiger partial charge in [0, 0.05) is 6.20 Å². The minimum absolute atomic E-state index is 0.0263. The summed E-state index contributed by atoms with van der Waals surface area (Å²) in [6.45, 7) is 6.23. The molecule has 6 nitrogen and oxygen atoms in total. The highest BCUT2D eigenvalue weighted by atomic mass is 16.5. The van der Waals surface area contributed by atoms with E-state index in [0.717, 1.165) is 27.8 Å². The molecule has 0 saturated heterocycles. The molecule has 0 N–H and O–H groups in total. The number of methoxy groups -OCH3 is 2. The van der Waals surface area contributed by atoms with Crippen LogP contribution >= 0.6 is 0 Å². The number of nitrogens with zero attached hydrogens (tertiary/aromatic N) is 2. The molecule has 0 atom stereocenters.